The molecule has 0 amide bonds. The highest BCUT2D eigenvalue weighted by Crippen LogP contribution is 2.57. The van der Waals surface area contributed by atoms with Crippen LogP contribution in [0.4, 0.5) is 0 Å². The number of aryl methyl sites for hydroxylation is 1. The lowest BCUT2D eigenvalue weighted by molar-refractivity contribution is -0.142. The van der Waals surface area contributed by atoms with Crippen LogP contribution in [0.2, 0.25) is 0 Å². The predicted octanol–water partition coefficient (Wildman–Crippen LogP) is 4.75. The summed E-state index contributed by atoms with van der Waals surface area (Å²) in [6.07, 6.45) is 6.80. The van der Waals surface area contributed by atoms with Crippen molar-refractivity contribution in [1.29, 1.82) is 0 Å². The van der Waals surface area contributed by atoms with Crippen molar-refractivity contribution in [2.75, 3.05) is 0 Å². The molecule has 0 aromatic heterocycles. The summed E-state index contributed by atoms with van der Waals surface area (Å²) < 4.78 is 5.93. The number of ether oxygens (including phenoxy) is 1. The maximum Gasteiger partial charge on any atom is 0.119 e. The molecule has 2 atom stereocenters. The molecule has 0 radical (unpaired) electrons. The van der Waals surface area contributed by atoms with Gasteiger partial charge in [0.2, 0.25) is 0 Å². The summed E-state index contributed by atoms with van der Waals surface area (Å²) in [6, 6.07) is 16.9. The van der Waals surface area contributed by atoms with Gasteiger partial charge in [0.1, 0.15) is 12.4 Å². The van der Waals surface area contributed by atoms with E-state index in [1.54, 1.807) is 0 Å². The summed E-state index contributed by atoms with van der Waals surface area (Å²) in [7, 11) is 0. The third-order valence-corrected chi connectivity index (χ3v) is 7.15. The van der Waals surface area contributed by atoms with Gasteiger partial charge in [0, 0.05) is 12.1 Å². The molecule has 2 N–H and O–H groups in total. The lowest BCUT2D eigenvalue weighted by atomic mass is 9.51. The molecule has 0 saturated heterocycles. The molecule has 0 aliphatic heterocycles. The van der Waals surface area contributed by atoms with Gasteiger partial charge in [0.25, 0.3) is 0 Å². The highest BCUT2D eigenvalue weighted by molar-refractivity contribution is 5.28. The smallest absolute Gasteiger partial charge is 0.119 e. The zero-order valence-corrected chi connectivity index (χ0v) is 16.8. The molecule has 2 aromatic rings. The second kappa shape index (κ2) is 6.89. The zero-order valence-electron chi connectivity index (χ0n) is 16.8. The first-order valence-corrected chi connectivity index (χ1v) is 10.7. The Morgan fingerprint density at radius 1 is 0.929 bits per heavy atom. The van der Waals surface area contributed by atoms with Crippen LogP contribution in [0.15, 0.2) is 48.5 Å². The molecule has 4 aliphatic carbocycles. The molecule has 4 bridgehead atoms. The Bertz CT molecular complexity index is 813. The molecule has 0 heterocycles. The van der Waals surface area contributed by atoms with E-state index in [4.69, 9.17) is 4.74 Å². The zero-order chi connectivity index (χ0) is 19.2. The molecule has 2 aromatic carbocycles. The maximum atomic E-state index is 10.9. The quantitative estimate of drug-likeness (QED) is 0.763. The molecule has 148 valence electrons. The van der Waals surface area contributed by atoms with Gasteiger partial charge in [-0.25, -0.2) is 0 Å². The molecule has 0 spiro atoms. The van der Waals surface area contributed by atoms with Gasteiger partial charge >= 0.3 is 0 Å². The number of aliphatic hydroxyl groups is 1. The van der Waals surface area contributed by atoms with E-state index in [1.807, 2.05) is 0 Å². The first kappa shape index (κ1) is 18.2. The highest BCUT2D eigenvalue weighted by Gasteiger charge is 2.56. The van der Waals surface area contributed by atoms with Crippen molar-refractivity contribution >= 4 is 0 Å². The Morgan fingerprint density at radius 3 is 2.21 bits per heavy atom. The van der Waals surface area contributed by atoms with Crippen molar-refractivity contribution in [3.05, 3.63) is 65.2 Å². The summed E-state index contributed by atoms with van der Waals surface area (Å²) >= 11 is 0. The molecule has 3 nitrogen and oxygen atoms in total. The minimum Gasteiger partial charge on any atom is -0.489 e. The molecule has 4 fully saturated rings. The fourth-order valence-electron chi connectivity index (χ4n) is 6.27. The Labute approximate surface area is 168 Å². The van der Waals surface area contributed by atoms with Gasteiger partial charge in [-0.05, 0) is 80.5 Å². The number of benzene rings is 2. The number of hydrogen-bond donors (Lipinski definition) is 2. The van der Waals surface area contributed by atoms with Gasteiger partial charge in [-0.1, -0.05) is 42.0 Å². The van der Waals surface area contributed by atoms with Gasteiger partial charge in [0.15, 0.2) is 0 Å². The Morgan fingerprint density at radius 2 is 1.57 bits per heavy atom. The Hall–Kier alpha value is -1.84. The third kappa shape index (κ3) is 3.70. The van der Waals surface area contributed by atoms with Crippen molar-refractivity contribution in [2.45, 2.75) is 69.7 Å². The monoisotopic (exact) mass is 377 g/mol. The van der Waals surface area contributed by atoms with Crippen LogP contribution in [-0.2, 0) is 13.2 Å². The minimum absolute atomic E-state index is 0.152. The molecule has 6 rings (SSSR count). The topological polar surface area (TPSA) is 41.5 Å². The van der Waals surface area contributed by atoms with E-state index < -0.39 is 5.60 Å². The van der Waals surface area contributed by atoms with Gasteiger partial charge in [-0.2, -0.15) is 0 Å². The molecular weight excluding hydrogens is 346 g/mol. The van der Waals surface area contributed by atoms with Crippen LogP contribution < -0.4 is 10.1 Å². The average molecular weight is 378 g/mol. The molecule has 3 heteroatoms. The van der Waals surface area contributed by atoms with Crippen LogP contribution in [-0.4, -0.2) is 16.2 Å². The van der Waals surface area contributed by atoms with Gasteiger partial charge < -0.3 is 15.2 Å². The van der Waals surface area contributed by atoms with Crippen LogP contribution in [0, 0.1) is 18.8 Å². The van der Waals surface area contributed by atoms with E-state index >= 15 is 0 Å². The second-order valence-electron chi connectivity index (χ2n) is 9.74. The van der Waals surface area contributed by atoms with Gasteiger partial charge in [0.05, 0.1) is 5.60 Å². The lowest BCUT2D eigenvalue weighted by Gasteiger charge is -2.60. The standard InChI is InChI=1S/C25H31NO2/c1-18-2-4-20(5-3-18)16-28-23-8-6-19(7-9-23)15-26-24-11-21-10-22(12-24)14-25(27,13-21)17-24/h2-9,21-22,26-27H,10-17H2,1H3. The fourth-order valence-corrected chi connectivity index (χ4v) is 6.27. The average Bonchev–Trinajstić information content (AvgIpc) is 2.65. The van der Waals surface area contributed by atoms with Crippen LogP contribution in [0.5, 0.6) is 5.75 Å². The lowest BCUT2D eigenvalue weighted by Crippen LogP contribution is -2.64. The van der Waals surface area contributed by atoms with E-state index in [1.165, 1.54) is 36.0 Å². The molecular formula is C25H31NO2. The Kier molecular flexibility index (Phi) is 4.48. The SMILES string of the molecule is Cc1ccc(COc2ccc(CNC34CC5CC(CC(O)(C5)C3)C4)cc2)cc1. The van der Waals surface area contributed by atoms with Crippen molar-refractivity contribution in [3.8, 4) is 5.75 Å². The van der Waals surface area contributed by atoms with Gasteiger partial charge in [-0.3, -0.25) is 0 Å². The van der Waals surface area contributed by atoms with E-state index in [-0.39, 0.29) is 5.54 Å². The van der Waals surface area contributed by atoms with E-state index in [0.717, 1.165) is 43.4 Å². The number of rotatable bonds is 6. The maximum absolute atomic E-state index is 10.9. The van der Waals surface area contributed by atoms with Gasteiger partial charge in [-0.15, -0.1) is 0 Å². The summed E-state index contributed by atoms with van der Waals surface area (Å²) in [5, 5.41) is 14.8. The van der Waals surface area contributed by atoms with Crippen molar-refractivity contribution in [2.24, 2.45) is 11.8 Å². The fraction of sp³-hybridized carbons (Fsp3) is 0.520. The normalized spacial score (nSPS) is 33.2. The summed E-state index contributed by atoms with van der Waals surface area (Å²) in [5.74, 6) is 2.35. The molecule has 4 aliphatic rings. The number of nitrogens with one attached hydrogen (secondary N) is 1. The number of hydrogen-bond acceptors (Lipinski definition) is 3. The van der Waals surface area contributed by atoms with Crippen molar-refractivity contribution < 1.29 is 9.84 Å². The van der Waals surface area contributed by atoms with Crippen LogP contribution in [0.3, 0.4) is 0 Å². The molecule has 2 unspecified atom stereocenters. The van der Waals surface area contributed by atoms with Crippen molar-refractivity contribution in [1.82, 2.24) is 5.32 Å². The Balaban J connectivity index is 1.17. The van der Waals surface area contributed by atoms with Crippen LogP contribution >= 0.6 is 0 Å². The molecule has 4 saturated carbocycles. The van der Waals surface area contributed by atoms with E-state index in [2.05, 4.69) is 60.8 Å². The summed E-state index contributed by atoms with van der Waals surface area (Å²) in [4.78, 5) is 0. The largest absolute Gasteiger partial charge is 0.489 e. The minimum atomic E-state index is -0.398. The first-order valence-electron chi connectivity index (χ1n) is 10.7. The van der Waals surface area contributed by atoms with Crippen LogP contribution in [0.1, 0.15) is 55.2 Å². The summed E-state index contributed by atoms with van der Waals surface area (Å²) in [5.41, 5.74) is 3.50. The first-order chi connectivity index (χ1) is 13.5. The molecule has 28 heavy (non-hydrogen) atoms. The highest BCUT2D eigenvalue weighted by atomic mass is 16.5. The second-order valence-corrected chi connectivity index (χ2v) is 9.74. The van der Waals surface area contributed by atoms with E-state index in [0.29, 0.717) is 6.61 Å². The van der Waals surface area contributed by atoms with E-state index in [9.17, 15) is 5.11 Å². The van der Waals surface area contributed by atoms with Crippen LogP contribution in [0.25, 0.3) is 0 Å². The van der Waals surface area contributed by atoms with Crippen molar-refractivity contribution in [3.63, 3.8) is 0 Å². The predicted molar refractivity (Wildman–Crippen MR) is 111 cm³/mol. The summed E-state index contributed by atoms with van der Waals surface area (Å²) in [6.45, 7) is 3.57. The third-order valence-electron chi connectivity index (χ3n) is 7.15.